The van der Waals surface area contributed by atoms with Crippen molar-refractivity contribution in [3.05, 3.63) is 100 Å². The van der Waals surface area contributed by atoms with Crippen molar-refractivity contribution in [3.63, 3.8) is 0 Å². The van der Waals surface area contributed by atoms with E-state index in [1.54, 1.807) is 78.9 Å². The van der Waals surface area contributed by atoms with Crippen LogP contribution >= 0.6 is 0 Å². The van der Waals surface area contributed by atoms with E-state index in [2.05, 4.69) is 10.4 Å². The Morgan fingerprint density at radius 1 is 0.941 bits per heavy atom. The minimum Gasteiger partial charge on any atom is -0.492 e. The highest BCUT2D eigenvalue weighted by Gasteiger charge is 2.28. The maximum atomic E-state index is 13.3. The number of ether oxygens (including phenoxy) is 2. The zero-order valence-electron chi connectivity index (χ0n) is 18.7. The van der Waals surface area contributed by atoms with Gasteiger partial charge in [0.25, 0.3) is 11.5 Å². The molecule has 1 amide bonds. The van der Waals surface area contributed by atoms with Gasteiger partial charge in [0.1, 0.15) is 5.75 Å². The molecule has 1 heterocycles. The van der Waals surface area contributed by atoms with Crippen LogP contribution in [0.25, 0.3) is 10.8 Å². The van der Waals surface area contributed by atoms with Gasteiger partial charge in [0, 0.05) is 18.0 Å². The Balaban J connectivity index is 1.69. The summed E-state index contributed by atoms with van der Waals surface area (Å²) in [6, 6.07) is 22.3. The van der Waals surface area contributed by atoms with Crippen LogP contribution in [0.2, 0.25) is 0 Å². The lowest BCUT2D eigenvalue weighted by molar-refractivity contribution is -0.125. The van der Waals surface area contributed by atoms with Gasteiger partial charge in [-0.3, -0.25) is 9.59 Å². The Hall–Kier alpha value is -4.46. The van der Waals surface area contributed by atoms with Gasteiger partial charge in [-0.2, -0.15) is 5.10 Å². The summed E-state index contributed by atoms with van der Waals surface area (Å²) in [5.41, 5.74) is 0.548. The zero-order valence-corrected chi connectivity index (χ0v) is 18.7. The quantitative estimate of drug-likeness (QED) is 0.423. The number of hydrogen-bond donors (Lipinski definition) is 1. The van der Waals surface area contributed by atoms with E-state index < -0.39 is 18.0 Å². The molecule has 8 heteroatoms. The smallest absolute Gasteiger partial charge is 0.360 e. The summed E-state index contributed by atoms with van der Waals surface area (Å²) in [5.74, 6) is -0.878. The molecule has 1 atom stereocenters. The molecule has 8 nitrogen and oxygen atoms in total. The molecule has 0 aliphatic rings. The van der Waals surface area contributed by atoms with E-state index in [1.807, 2.05) is 6.92 Å². The molecule has 1 N–H and O–H groups in total. The van der Waals surface area contributed by atoms with Gasteiger partial charge in [0.15, 0.2) is 5.69 Å². The van der Waals surface area contributed by atoms with Crippen molar-refractivity contribution in [1.29, 1.82) is 0 Å². The molecule has 0 fully saturated rings. The van der Waals surface area contributed by atoms with Crippen molar-refractivity contribution in [2.24, 2.45) is 7.05 Å². The number of amides is 1. The lowest BCUT2D eigenvalue weighted by Gasteiger charge is -2.19. The number of nitrogens with zero attached hydrogens (tertiary/aromatic N) is 2. The van der Waals surface area contributed by atoms with Crippen molar-refractivity contribution in [2.45, 2.75) is 13.0 Å². The van der Waals surface area contributed by atoms with Gasteiger partial charge in [-0.25, -0.2) is 9.48 Å². The van der Waals surface area contributed by atoms with Crippen LogP contribution in [0.3, 0.4) is 0 Å². The van der Waals surface area contributed by atoms with Gasteiger partial charge in [0.2, 0.25) is 6.10 Å². The second-order valence-corrected chi connectivity index (χ2v) is 7.44. The summed E-state index contributed by atoms with van der Waals surface area (Å²) in [6.07, 6.45) is -1.26. The van der Waals surface area contributed by atoms with E-state index in [9.17, 15) is 14.4 Å². The average molecular weight is 457 g/mol. The van der Waals surface area contributed by atoms with Crippen molar-refractivity contribution in [2.75, 3.05) is 11.9 Å². The Bertz CT molecular complexity index is 1400. The van der Waals surface area contributed by atoms with Gasteiger partial charge in [-0.05, 0) is 25.1 Å². The Morgan fingerprint density at radius 3 is 2.32 bits per heavy atom. The number of aryl methyl sites for hydroxylation is 1. The molecule has 0 aliphatic carbocycles. The molecule has 0 bridgehead atoms. The number of hydrogen-bond acceptors (Lipinski definition) is 6. The maximum absolute atomic E-state index is 13.3. The van der Waals surface area contributed by atoms with Gasteiger partial charge < -0.3 is 14.8 Å². The van der Waals surface area contributed by atoms with Gasteiger partial charge in [0.05, 0.1) is 17.7 Å². The first-order valence-corrected chi connectivity index (χ1v) is 10.7. The monoisotopic (exact) mass is 457 g/mol. The molecule has 0 aliphatic heterocycles. The van der Waals surface area contributed by atoms with Gasteiger partial charge in [-0.15, -0.1) is 0 Å². The molecule has 4 rings (SSSR count). The molecule has 0 radical (unpaired) electrons. The van der Waals surface area contributed by atoms with E-state index in [4.69, 9.17) is 9.47 Å². The lowest BCUT2D eigenvalue weighted by Crippen LogP contribution is -2.28. The van der Waals surface area contributed by atoms with Crippen molar-refractivity contribution in [1.82, 2.24) is 9.78 Å². The number of rotatable bonds is 7. The van der Waals surface area contributed by atoms with Crippen LogP contribution in [0.4, 0.5) is 5.69 Å². The minimum atomic E-state index is -1.26. The molecule has 1 aromatic heterocycles. The first kappa shape index (κ1) is 22.7. The fourth-order valence-corrected chi connectivity index (χ4v) is 3.56. The SMILES string of the molecule is CCOc1ccccc1NC(=O)C(OC(=O)c1nn(C)c(=O)c2ccccc12)c1ccccc1. The highest BCUT2D eigenvalue weighted by molar-refractivity contribution is 6.04. The molecule has 4 aromatic rings. The number of carbonyl (C=O) groups is 2. The number of fused-ring (bicyclic) bond motifs is 1. The molecule has 172 valence electrons. The van der Waals surface area contributed by atoms with E-state index in [0.717, 1.165) is 4.68 Å². The molecule has 1 unspecified atom stereocenters. The molecule has 3 aromatic carbocycles. The van der Waals surface area contributed by atoms with Gasteiger partial charge in [-0.1, -0.05) is 60.7 Å². The second-order valence-electron chi connectivity index (χ2n) is 7.44. The number of para-hydroxylation sites is 2. The summed E-state index contributed by atoms with van der Waals surface area (Å²) in [4.78, 5) is 38.9. The molecule has 34 heavy (non-hydrogen) atoms. The Morgan fingerprint density at radius 2 is 1.59 bits per heavy atom. The van der Waals surface area contributed by atoms with E-state index in [1.165, 1.54) is 7.05 Å². The standard InChI is InChI=1S/C26H23N3O5/c1-3-33-21-16-10-9-15-20(21)27-24(30)23(17-11-5-4-6-12-17)34-26(32)22-18-13-7-8-14-19(18)25(31)29(2)28-22/h4-16,23H,3H2,1-2H3,(H,27,30). The van der Waals surface area contributed by atoms with Crippen LogP contribution in [0.1, 0.15) is 29.1 Å². The number of esters is 1. The number of benzene rings is 3. The maximum Gasteiger partial charge on any atom is 0.360 e. The topological polar surface area (TPSA) is 99.5 Å². The van der Waals surface area contributed by atoms with Crippen molar-refractivity contribution in [3.8, 4) is 5.75 Å². The van der Waals surface area contributed by atoms with Crippen LogP contribution in [0.15, 0.2) is 83.7 Å². The van der Waals surface area contributed by atoms with Crippen LogP contribution in [-0.2, 0) is 16.6 Å². The van der Waals surface area contributed by atoms with E-state index in [-0.39, 0.29) is 11.3 Å². The fourth-order valence-electron chi connectivity index (χ4n) is 3.56. The second kappa shape index (κ2) is 9.99. The van der Waals surface area contributed by atoms with Crippen molar-refractivity contribution < 1.29 is 19.1 Å². The highest BCUT2D eigenvalue weighted by atomic mass is 16.5. The molecular weight excluding hydrogens is 434 g/mol. The third-order valence-corrected chi connectivity index (χ3v) is 5.16. The summed E-state index contributed by atoms with van der Waals surface area (Å²) in [6.45, 7) is 2.27. The summed E-state index contributed by atoms with van der Waals surface area (Å²) < 4.78 is 12.3. The van der Waals surface area contributed by atoms with Crippen LogP contribution in [0.5, 0.6) is 5.75 Å². The Labute approximate surface area is 195 Å². The Kier molecular flexibility index (Phi) is 6.68. The van der Waals surface area contributed by atoms with Crippen LogP contribution < -0.4 is 15.6 Å². The third kappa shape index (κ3) is 4.66. The normalized spacial score (nSPS) is 11.6. The summed E-state index contributed by atoms with van der Waals surface area (Å²) in [7, 11) is 1.46. The summed E-state index contributed by atoms with van der Waals surface area (Å²) in [5, 5.41) is 7.58. The molecule has 0 saturated heterocycles. The largest absolute Gasteiger partial charge is 0.492 e. The van der Waals surface area contributed by atoms with E-state index in [0.29, 0.717) is 34.4 Å². The van der Waals surface area contributed by atoms with Crippen molar-refractivity contribution >= 4 is 28.3 Å². The van der Waals surface area contributed by atoms with Gasteiger partial charge >= 0.3 is 5.97 Å². The molecule has 0 spiro atoms. The number of anilines is 1. The summed E-state index contributed by atoms with van der Waals surface area (Å²) >= 11 is 0. The lowest BCUT2D eigenvalue weighted by atomic mass is 10.1. The predicted octanol–water partition coefficient (Wildman–Crippen LogP) is 3.87. The minimum absolute atomic E-state index is 0.0545. The fraction of sp³-hybridized carbons (Fsp3) is 0.154. The molecule has 0 saturated carbocycles. The van der Waals surface area contributed by atoms with E-state index >= 15 is 0 Å². The average Bonchev–Trinajstić information content (AvgIpc) is 2.86. The first-order valence-electron chi connectivity index (χ1n) is 10.7. The highest BCUT2D eigenvalue weighted by Crippen LogP contribution is 2.27. The predicted molar refractivity (Wildman–Crippen MR) is 128 cm³/mol. The first-order chi connectivity index (χ1) is 16.5. The van der Waals surface area contributed by atoms with Crippen LogP contribution in [0, 0.1) is 0 Å². The number of carbonyl (C=O) groups excluding carboxylic acids is 2. The zero-order chi connectivity index (χ0) is 24.1. The third-order valence-electron chi connectivity index (χ3n) is 5.16. The number of nitrogens with one attached hydrogen (secondary N) is 1. The number of aromatic nitrogens is 2. The van der Waals surface area contributed by atoms with Crippen LogP contribution in [-0.4, -0.2) is 28.3 Å². The molecular formula is C26H23N3O5.